The molecule has 1 aromatic carbocycles. The van der Waals surface area contributed by atoms with Gasteiger partial charge in [-0.2, -0.15) is 14.9 Å². The van der Waals surface area contributed by atoms with E-state index in [0.29, 0.717) is 5.56 Å². The second kappa shape index (κ2) is 6.62. The predicted molar refractivity (Wildman–Crippen MR) is 93.5 cm³/mol. The normalized spacial score (nSPS) is 11.8. The van der Waals surface area contributed by atoms with Crippen molar-refractivity contribution >= 4 is 35.7 Å². The summed E-state index contributed by atoms with van der Waals surface area (Å²) < 4.78 is 1.01. The van der Waals surface area contributed by atoms with Crippen molar-refractivity contribution in [1.82, 2.24) is 14.9 Å². The van der Waals surface area contributed by atoms with Gasteiger partial charge in [-0.05, 0) is 18.3 Å². The van der Waals surface area contributed by atoms with Gasteiger partial charge in [0.25, 0.3) is 11.2 Å². The molecule has 1 aromatic heterocycles. The van der Waals surface area contributed by atoms with Crippen molar-refractivity contribution in [3.8, 4) is 0 Å². The van der Waals surface area contributed by atoms with Gasteiger partial charge in [-0.25, -0.2) is 0 Å². The van der Waals surface area contributed by atoms with Gasteiger partial charge < -0.3 is 0 Å². The largest absolute Gasteiger partial charge is 0.297 e. The highest BCUT2D eigenvalue weighted by Crippen LogP contribution is 2.24. The fourth-order valence-electron chi connectivity index (χ4n) is 1.86. The second-order valence-electron chi connectivity index (χ2n) is 5.96. The highest BCUT2D eigenvalue weighted by Gasteiger charge is 2.21. The lowest BCUT2D eigenvalue weighted by atomic mass is 9.93. The molecule has 0 aliphatic carbocycles. The number of halogens is 1. The van der Waals surface area contributed by atoms with Crippen LogP contribution in [-0.2, 0) is 5.41 Å². The van der Waals surface area contributed by atoms with Crippen molar-refractivity contribution in [2.75, 3.05) is 0 Å². The number of rotatable bonds is 3. The van der Waals surface area contributed by atoms with E-state index in [-0.39, 0.29) is 21.2 Å². The molecule has 0 bridgehead atoms. The van der Waals surface area contributed by atoms with Crippen molar-refractivity contribution in [3.63, 3.8) is 0 Å². The van der Waals surface area contributed by atoms with Gasteiger partial charge in [-0.1, -0.05) is 38.4 Å². The number of nitro groups is 1. The zero-order valence-electron chi connectivity index (χ0n) is 13.1. The van der Waals surface area contributed by atoms with Crippen molar-refractivity contribution in [2.45, 2.75) is 26.2 Å². The van der Waals surface area contributed by atoms with Crippen LogP contribution in [0.3, 0.4) is 0 Å². The van der Waals surface area contributed by atoms with Gasteiger partial charge in [0.2, 0.25) is 4.77 Å². The molecule has 0 saturated heterocycles. The lowest BCUT2D eigenvalue weighted by Crippen LogP contribution is -2.32. The fourth-order valence-corrected chi connectivity index (χ4v) is 2.22. The topological polar surface area (TPSA) is 106 Å². The summed E-state index contributed by atoms with van der Waals surface area (Å²) in [6, 6.07) is 4.19. The first-order valence-corrected chi connectivity index (χ1v) is 7.60. The van der Waals surface area contributed by atoms with Crippen molar-refractivity contribution in [3.05, 3.63) is 59.7 Å². The molecule has 126 valence electrons. The summed E-state index contributed by atoms with van der Waals surface area (Å²) in [4.78, 5) is 22.8. The second-order valence-corrected chi connectivity index (χ2v) is 6.75. The summed E-state index contributed by atoms with van der Waals surface area (Å²) in [5, 5.41) is 21.5. The summed E-state index contributed by atoms with van der Waals surface area (Å²) in [5.41, 5.74) is -0.515. The fraction of sp³-hybridized carbons (Fsp3) is 0.286. The molecular formula is C14H14ClN5O3S. The van der Waals surface area contributed by atoms with Crippen molar-refractivity contribution in [1.29, 1.82) is 0 Å². The molecule has 2 aromatic rings. The maximum Gasteiger partial charge on any atom is 0.297 e. The molecule has 0 aliphatic heterocycles. The molecule has 0 radical (unpaired) electrons. The Hall–Kier alpha value is -2.39. The molecule has 0 spiro atoms. The third-order valence-corrected chi connectivity index (χ3v) is 3.63. The van der Waals surface area contributed by atoms with E-state index in [1.54, 1.807) is 6.07 Å². The Morgan fingerprint density at radius 3 is 2.71 bits per heavy atom. The average Bonchev–Trinajstić information content (AvgIpc) is 2.46. The number of hydrogen-bond donors (Lipinski definition) is 1. The summed E-state index contributed by atoms with van der Waals surface area (Å²) >= 11 is 10.8. The highest BCUT2D eigenvalue weighted by atomic mass is 35.5. The summed E-state index contributed by atoms with van der Waals surface area (Å²) in [7, 11) is 0. The number of nitrogens with zero attached hydrogens (tertiary/aromatic N) is 4. The molecule has 0 atom stereocenters. The minimum Gasteiger partial charge on any atom is -0.265 e. The number of hydrogen-bond acceptors (Lipinski definition) is 6. The molecule has 1 heterocycles. The van der Waals surface area contributed by atoms with Crippen LogP contribution in [0.1, 0.15) is 32.0 Å². The van der Waals surface area contributed by atoms with Crippen LogP contribution in [0, 0.1) is 14.9 Å². The highest BCUT2D eigenvalue weighted by molar-refractivity contribution is 7.71. The van der Waals surface area contributed by atoms with Crippen LogP contribution in [-0.4, -0.2) is 26.0 Å². The van der Waals surface area contributed by atoms with E-state index in [2.05, 4.69) is 15.3 Å². The standard InChI is InChI=1S/C14H14ClN5O3S/c1-14(2,3)11-12(21)19(13(24)18-17-11)16-7-8-4-5-9(15)10(6-8)20(22)23/h4-7H,1-3H3,(H,18,24)/b16-7-. The SMILES string of the molecule is CC(C)(C)c1n[nH]c(=S)n(/N=C\c2ccc(Cl)c([N+](=O)[O-])c2)c1=O. The predicted octanol–water partition coefficient (Wildman–Crippen LogP) is 3.04. The van der Waals surface area contributed by atoms with Crippen LogP contribution in [0.5, 0.6) is 0 Å². The Balaban J connectivity index is 2.51. The number of nitrogens with one attached hydrogen (secondary N) is 1. The van der Waals surface area contributed by atoms with E-state index in [0.717, 1.165) is 4.68 Å². The molecule has 0 amide bonds. The monoisotopic (exact) mass is 367 g/mol. The first-order chi connectivity index (χ1) is 11.1. The maximum atomic E-state index is 12.5. The molecule has 0 aliphatic rings. The van der Waals surface area contributed by atoms with Crippen LogP contribution in [0.4, 0.5) is 5.69 Å². The Morgan fingerprint density at radius 2 is 2.12 bits per heavy atom. The maximum absolute atomic E-state index is 12.5. The number of H-pyrrole nitrogens is 1. The minimum absolute atomic E-state index is 0.0190. The van der Waals surface area contributed by atoms with Gasteiger partial charge >= 0.3 is 0 Å². The van der Waals surface area contributed by atoms with Gasteiger partial charge in [0.05, 0.1) is 11.1 Å². The van der Waals surface area contributed by atoms with E-state index in [1.807, 2.05) is 20.8 Å². The van der Waals surface area contributed by atoms with Crippen LogP contribution >= 0.6 is 23.8 Å². The van der Waals surface area contributed by atoms with Crippen molar-refractivity contribution in [2.24, 2.45) is 5.10 Å². The van der Waals surface area contributed by atoms with E-state index in [4.69, 9.17) is 23.8 Å². The molecule has 24 heavy (non-hydrogen) atoms. The average molecular weight is 368 g/mol. The Bertz CT molecular complexity index is 943. The van der Waals surface area contributed by atoms with E-state index in [1.165, 1.54) is 18.3 Å². The van der Waals surface area contributed by atoms with E-state index < -0.39 is 15.9 Å². The smallest absolute Gasteiger partial charge is 0.265 e. The number of benzene rings is 1. The lowest BCUT2D eigenvalue weighted by molar-refractivity contribution is -0.384. The molecule has 10 heteroatoms. The van der Waals surface area contributed by atoms with E-state index >= 15 is 0 Å². The third-order valence-electron chi connectivity index (χ3n) is 3.05. The first kappa shape index (κ1) is 18.0. The van der Waals surface area contributed by atoms with Crippen LogP contribution < -0.4 is 5.56 Å². The van der Waals surface area contributed by atoms with Gasteiger partial charge in [0.15, 0.2) is 0 Å². The molecule has 8 nitrogen and oxygen atoms in total. The molecule has 0 unspecified atom stereocenters. The minimum atomic E-state index is -0.595. The summed E-state index contributed by atoms with van der Waals surface area (Å²) in [6.45, 7) is 5.51. The number of aromatic nitrogens is 3. The number of aromatic amines is 1. The molecule has 2 rings (SSSR count). The zero-order valence-corrected chi connectivity index (χ0v) is 14.7. The lowest BCUT2D eigenvalue weighted by Gasteiger charge is -2.16. The summed E-state index contributed by atoms with van der Waals surface area (Å²) in [5.74, 6) is 0. The first-order valence-electron chi connectivity index (χ1n) is 6.82. The number of nitro benzene ring substituents is 1. The quantitative estimate of drug-likeness (QED) is 0.388. The zero-order chi connectivity index (χ0) is 18.1. The third kappa shape index (κ3) is 3.74. The Morgan fingerprint density at radius 1 is 1.46 bits per heavy atom. The van der Waals surface area contributed by atoms with E-state index in [9.17, 15) is 14.9 Å². The molecule has 1 N–H and O–H groups in total. The van der Waals surface area contributed by atoms with Crippen LogP contribution in [0.2, 0.25) is 5.02 Å². The van der Waals surface area contributed by atoms with Crippen LogP contribution in [0.25, 0.3) is 0 Å². The van der Waals surface area contributed by atoms with Gasteiger partial charge in [-0.15, -0.1) is 0 Å². The molecule has 0 saturated carbocycles. The van der Waals surface area contributed by atoms with Gasteiger partial charge in [0.1, 0.15) is 10.7 Å². The molecular weight excluding hydrogens is 354 g/mol. The van der Waals surface area contributed by atoms with Crippen molar-refractivity contribution < 1.29 is 4.92 Å². The van der Waals surface area contributed by atoms with Gasteiger partial charge in [-0.3, -0.25) is 20.0 Å². The Kier molecular flexibility index (Phi) is 4.95. The molecule has 0 fully saturated rings. The van der Waals surface area contributed by atoms with Gasteiger partial charge in [0, 0.05) is 17.0 Å². The summed E-state index contributed by atoms with van der Waals surface area (Å²) in [6.07, 6.45) is 1.29. The van der Waals surface area contributed by atoms with Crippen LogP contribution in [0.15, 0.2) is 28.1 Å². The Labute approximate surface area is 146 Å².